The second-order valence-electron chi connectivity index (χ2n) is 4.46. The number of nitriles is 1. The number of aromatic nitrogens is 2. The predicted molar refractivity (Wildman–Crippen MR) is 83.1 cm³/mol. The number of fused-ring (bicyclic) bond motifs is 1. The van der Waals surface area contributed by atoms with Gasteiger partial charge in [-0.25, -0.2) is 18.1 Å². The summed E-state index contributed by atoms with van der Waals surface area (Å²) in [5.74, 6) is 0.106. The molecule has 0 saturated heterocycles. The van der Waals surface area contributed by atoms with E-state index in [0.717, 1.165) is 0 Å². The maximum Gasteiger partial charge on any atom is 0.264 e. The van der Waals surface area contributed by atoms with Gasteiger partial charge in [0.05, 0.1) is 26.5 Å². The van der Waals surface area contributed by atoms with Crippen molar-refractivity contribution >= 4 is 38.6 Å². The molecule has 0 radical (unpaired) electrons. The molecule has 3 aromatic rings. The molecule has 6 nitrogen and oxygen atoms in total. The highest BCUT2D eigenvalue weighted by Gasteiger charge is 2.17. The molecule has 0 aliphatic heterocycles. The summed E-state index contributed by atoms with van der Waals surface area (Å²) in [6.07, 6.45) is 0. The van der Waals surface area contributed by atoms with Crippen molar-refractivity contribution in [2.75, 3.05) is 4.72 Å². The van der Waals surface area contributed by atoms with E-state index in [1.165, 1.54) is 18.2 Å². The molecule has 110 valence electrons. The van der Waals surface area contributed by atoms with Crippen LogP contribution in [0.2, 0.25) is 5.02 Å². The van der Waals surface area contributed by atoms with Gasteiger partial charge in [0.2, 0.25) is 5.95 Å². The Balaban J connectivity index is 1.98. The zero-order chi connectivity index (χ0) is 15.7. The monoisotopic (exact) mass is 332 g/mol. The minimum absolute atomic E-state index is 0.0612. The molecule has 3 rings (SSSR count). The average Bonchev–Trinajstić information content (AvgIpc) is 2.88. The summed E-state index contributed by atoms with van der Waals surface area (Å²) in [7, 11) is -3.86. The maximum atomic E-state index is 12.3. The minimum atomic E-state index is -3.86. The molecule has 0 unspecified atom stereocenters. The van der Waals surface area contributed by atoms with Gasteiger partial charge in [-0.2, -0.15) is 5.26 Å². The van der Waals surface area contributed by atoms with Crippen LogP contribution < -0.4 is 4.72 Å². The molecule has 0 atom stereocenters. The largest absolute Gasteiger partial charge is 0.323 e. The van der Waals surface area contributed by atoms with Crippen LogP contribution in [0, 0.1) is 11.3 Å². The van der Waals surface area contributed by atoms with E-state index in [0.29, 0.717) is 11.0 Å². The topological polar surface area (TPSA) is 98.6 Å². The van der Waals surface area contributed by atoms with Crippen LogP contribution in [0.4, 0.5) is 5.95 Å². The summed E-state index contributed by atoms with van der Waals surface area (Å²) in [6.45, 7) is 0. The lowest BCUT2D eigenvalue weighted by Gasteiger charge is -2.06. The molecule has 0 bridgehead atoms. The number of imidazole rings is 1. The van der Waals surface area contributed by atoms with Crippen LogP contribution in [0.1, 0.15) is 5.56 Å². The predicted octanol–water partition coefficient (Wildman–Crippen LogP) is 2.89. The normalized spacial score (nSPS) is 11.3. The molecule has 1 heterocycles. The SMILES string of the molecule is N#Cc1cc(S(=O)(=O)Nc2nc3ccccc3[nH]2)ccc1Cl. The van der Waals surface area contributed by atoms with E-state index in [9.17, 15) is 8.42 Å². The highest BCUT2D eigenvalue weighted by atomic mass is 35.5. The highest BCUT2D eigenvalue weighted by Crippen LogP contribution is 2.22. The van der Waals surface area contributed by atoms with Crippen LogP contribution in [-0.4, -0.2) is 18.4 Å². The molecular formula is C14H9ClN4O2S. The highest BCUT2D eigenvalue weighted by molar-refractivity contribution is 7.92. The summed E-state index contributed by atoms with van der Waals surface area (Å²) in [5, 5.41) is 9.12. The van der Waals surface area contributed by atoms with Crippen molar-refractivity contribution in [1.82, 2.24) is 9.97 Å². The Morgan fingerprint density at radius 3 is 2.73 bits per heavy atom. The molecule has 0 spiro atoms. The van der Waals surface area contributed by atoms with Gasteiger partial charge >= 0.3 is 0 Å². The lowest BCUT2D eigenvalue weighted by atomic mass is 10.2. The lowest BCUT2D eigenvalue weighted by Crippen LogP contribution is -2.14. The number of rotatable bonds is 3. The Hall–Kier alpha value is -2.56. The number of halogens is 1. The molecular weight excluding hydrogens is 324 g/mol. The Bertz CT molecular complexity index is 972. The van der Waals surface area contributed by atoms with Crippen LogP contribution in [0.25, 0.3) is 11.0 Å². The first-order chi connectivity index (χ1) is 10.5. The van der Waals surface area contributed by atoms with E-state index >= 15 is 0 Å². The van der Waals surface area contributed by atoms with Crippen molar-refractivity contribution in [2.24, 2.45) is 0 Å². The van der Waals surface area contributed by atoms with Crippen LogP contribution in [0.3, 0.4) is 0 Å². The standard InChI is InChI=1S/C14H9ClN4O2S/c15-11-6-5-10(7-9(11)8-16)22(20,21)19-14-17-12-3-1-2-4-13(12)18-14/h1-7H,(H2,17,18,19). The number of H-pyrrole nitrogens is 1. The summed E-state index contributed by atoms with van der Waals surface area (Å²) in [4.78, 5) is 6.95. The first kappa shape index (κ1) is 14.4. The maximum absolute atomic E-state index is 12.3. The fourth-order valence-electron chi connectivity index (χ4n) is 1.94. The summed E-state index contributed by atoms with van der Waals surface area (Å²) in [5.41, 5.74) is 1.46. The van der Waals surface area contributed by atoms with Crippen LogP contribution in [0.15, 0.2) is 47.4 Å². The second kappa shape index (κ2) is 5.33. The molecule has 1 aromatic heterocycles. The van der Waals surface area contributed by atoms with Crippen LogP contribution in [-0.2, 0) is 10.0 Å². The average molecular weight is 333 g/mol. The molecule has 0 saturated carbocycles. The van der Waals surface area contributed by atoms with E-state index in [2.05, 4.69) is 14.7 Å². The minimum Gasteiger partial charge on any atom is -0.323 e. The summed E-state index contributed by atoms with van der Waals surface area (Å²) < 4.78 is 27.0. The number of sulfonamides is 1. The smallest absolute Gasteiger partial charge is 0.264 e. The third kappa shape index (κ3) is 2.62. The first-order valence-corrected chi connectivity index (χ1v) is 8.03. The fraction of sp³-hybridized carbons (Fsp3) is 0. The molecule has 2 N–H and O–H groups in total. The number of hydrogen-bond donors (Lipinski definition) is 2. The molecule has 0 aliphatic carbocycles. The van der Waals surface area contributed by atoms with Crippen molar-refractivity contribution in [1.29, 1.82) is 5.26 Å². The summed E-state index contributed by atoms with van der Waals surface area (Å²) >= 11 is 5.80. The third-order valence-electron chi connectivity index (χ3n) is 2.99. The quantitative estimate of drug-likeness (QED) is 0.770. The summed E-state index contributed by atoms with van der Waals surface area (Å²) in [6, 6.07) is 12.9. The van der Waals surface area contributed by atoms with Crippen LogP contribution in [0.5, 0.6) is 0 Å². The van der Waals surface area contributed by atoms with Crippen molar-refractivity contribution in [2.45, 2.75) is 4.90 Å². The number of benzene rings is 2. The van der Waals surface area contributed by atoms with Gasteiger partial charge in [0.25, 0.3) is 10.0 Å². The van der Waals surface area contributed by atoms with Crippen molar-refractivity contribution < 1.29 is 8.42 Å². The number of nitrogens with one attached hydrogen (secondary N) is 2. The zero-order valence-corrected chi connectivity index (χ0v) is 12.6. The van der Waals surface area contributed by atoms with Crippen LogP contribution >= 0.6 is 11.6 Å². The van der Waals surface area contributed by atoms with Crippen molar-refractivity contribution in [3.8, 4) is 6.07 Å². The van der Waals surface area contributed by atoms with Gasteiger partial charge in [-0.3, -0.25) is 0 Å². The second-order valence-corrected chi connectivity index (χ2v) is 6.55. The van der Waals surface area contributed by atoms with E-state index in [1.807, 2.05) is 12.1 Å². The molecule has 8 heteroatoms. The van der Waals surface area contributed by atoms with Gasteiger partial charge in [-0.05, 0) is 30.3 Å². The number of aromatic amines is 1. The lowest BCUT2D eigenvalue weighted by molar-refractivity contribution is 0.601. The van der Waals surface area contributed by atoms with Gasteiger partial charge in [0.15, 0.2) is 0 Å². The Labute approximate surface area is 131 Å². The van der Waals surface area contributed by atoms with Gasteiger partial charge in [-0.1, -0.05) is 23.7 Å². The fourth-order valence-corrected chi connectivity index (χ4v) is 3.09. The molecule has 22 heavy (non-hydrogen) atoms. The third-order valence-corrected chi connectivity index (χ3v) is 4.66. The van der Waals surface area contributed by atoms with E-state index in [1.54, 1.807) is 18.2 Å². The van der Waals surface area contributed by atoms with E-state index in [-0.39, 0.29) is 21.4 Å². The molecule has 0 aliphatic rings. The number of para-hydroxylation sites is 2. The number of hydrogen-bond acceptors (Lipinski definition) is 4. The number of anilines is 1. The molecule has 0 fully saturated rings. The Morgan fingerprint density at radius 1 is 1.23 bits per heavy atom. The van der Waals surface area contributed by atoms with Gasteiger partial charge in [0, 0.05) is 0 Å². The van der Waals surface area contributed by atoms with Crippen molar-refractivity contribution in [3.05, 3.63) is 53.1 Å². The first-order valence-electron chi connectivity index (χ1n) is 6.17. The van der Waals surface area contributed by atoms with E-state index < -0.39 is 10.0 Å². The van der Waals surface area contributed by atoms with Gasteiger partial charge in [-0.15, -0.1) is 0 Å². The molecule has 2 aromatic carbocycles. The Kier molecular flexibility index (Phi) is 3.48. The zero-order valence-electron chi connectivity index (χ0n) is 11.0. The molecule has 0 amide bonds. The van der Waals surface area contributed by atoms with Gasteiger partial charge in [0.1, 0.15) is 6.07 Å². The van der Waals surface area contributed by atoms with Crippen molar-refractivity contribution in [3.63, 3.8) is 0 Å². The Morgan fingerprint density at radius 2 is 2.00 bits per heavy atom. The van der Waals surface area contributed by atoms with E-state index in [4.69, 9.17) is 16.9 Å². The van der Waals surface area contributed by atoms with Gasteiger partial charge < -0.3 is 4.98 Å². The number of nitrogens with zero attached hydrogens (tertiary/aromatic N) is 2.